The Balaban J connectivity index is 1.30. The zero-order valence-corrected chi connectivity index (χ0v) is 20.8. The molecule has 4 aromatic rings. The molecule has 1 aliphatic heterocycles. The van der Waals surface area contributed by atoms with Gasteiger partial charge < -0.3 is 9.47 Å². The Morgan fingerprint density at radius 1 is 0.789 bits per heavy atom. The first-order chi connectivity index (χ1) is 18.5. The molecule has 1 saturated heterocycles. The van der Waals surface area contributed by atoms with Crippen molar-refractivity contribution in [1.82, 2.24) is 5.32 Å². The molecule has 8 heteroatoms. The van der Waals surface area contributed by atoms with Crippen molar-refractivity contribution in [2.45, 2.75) is 6.61 Å². The van der Waals surface area contributed by atoms with Crippen LogP contribution in [-0.4, -0.2) is 16.9 Å². The molecule has 38 heavy (non-hydrogen) atoms. The maximum absolute atomic E-state index is 13.8. The summed E-state index contributed by atoms with van der Waals surface area (Å²) in [5.74, 6) is 0.334. The van der Waals surface area contributed by atoms with E-state index in [0.29, 0.717) is 34.1 Å². The van der Waals surface area contributed by atoms with Crippen molar-refractivity contribution in [2.24, 2.45) is 0 Å². The number of rotatable bonds is 7. The molecule has 2 amide bonds. The minimum absolute atomic E-state index is 0.00855. The van der Waals surface area contributed by atoms with Crippen molar-refractivity contribution >= 4 is 40.9 Å². The molecule has 0 unspecified atom stereocenters. The monoisotopic (exact) mass is 524 g/mol. The van der Waals surface area contributed by atoms with Crippen LogP contribution in [0, 0.1) is 5.82 Å². The second-order valence-corrected chi connectivity index (χ2v) is 8.70. The molecule has 1 N–H and O–H groups in total. The van der Waals surface area contributed by atoms with Crippen LogP contribution >= 0.6 is 12.2 Å². The van der Waals surface area contributed by atoms with Crippen LogP contribution in [0.3, 0.4) is 0 Å². The quantitative estimate of drug-likeness (QED) is 0.182. The molecule has 1 aliphatic rings. The number of ether oxygens (including phenoxy) is 2. The Bertz CT molecular complexity index is 1520. The summed E-state index contributed by atoms with van der Waals surface area (Å²) < 4.78 is 25.3. The highest BCUT2D eigenvalue weighted by molar-refractivity contribution is 7.80. The lowest BCUT2D eigenvalue weighted by molar-refractivity contribution is -0.122. The largest absolute Gasteiger partial charge is 0.489 e. The van der Waals surface area contributed by atoms with E-state index in [4.69, 9.17) is 21.7 Å². The number of nitrogens with zero attached hydrogens (tertiary/aromatic N) is 1. The highest BCUT2D eigenvalue weighted by Crippen LogP contribution is 2.27. The number of halogens is 1. The number of nitrogens with one attached hydrogen (secondary N) is 1. The summed E-state index contributed by atoms with van der Waals surface area (Å²) in [6.45, 7) is 0.0790. The van der Waals surface area contributed by atoms with Gasteiger partial charge in [-0.3, -0.25) is 19.8 Å². The topological polar surface area (TPSA) is 67.9 Å². The number of anilines is 1. The predicted molar refractivity (Wildman–Crippen MR) is 146 cm³/mol. The molecule has 0 aliphatic carbocycles. The van der Waals surface area contributed by atoms with Gasteiger partial charge in [0, 0.05) is 5.56 Å². The molecular formula is C30H21FN2O4S. The Labute approximate surface area is 223 Å². The molecule has 5 rings (SSSR count). The number of carbonyl (C=O) groups is 2. The summed E-state index contributed by atoms with van der Waals surface area (Å²) >= 11 is 5.29. The standard InChI is InChI=1S/C30H21FN2O4S/c31-27-9-5-4-6-21(27)19-36-23-14-10-20(11-15-23)18-26-28(34)32-30(38)33(29(26)35)22-12-16-25(17-13-22)37-24-7-2-1-3-8-24/h1-18H,19H2,(H,32,34,38). The van der Waals surface area contributed by atoms with Crippen LogP contribution < -0.4 is 19.7 Å². The molecule has 4 aromatic carbocycles. The number of thiocarbonyl (C=S) groups is 1. The van der Waals surface area contributed by atoms with Gasteiger partial charge >= 0.3 is 0 Å². The zero-order valence-electron chi connectivity index (χ0n) is 20.0. The minimum Gasteiger partial charge on any atom is -0.489 e. The van der Waals surface area contributed by atoms with Gasteiger partial charge in [0.05, 0.1) is 5.69 Å². The molecular weight excluding hydrogens is 503 g/mol. The number of carbonyl (C=O) groups excluding carboxylic acids is 2. The summed E-state index contributed by atoms with van der Waals surface area (Å²) in [4.78, 5) is 27.2. The van der Waals surface area contributed by atoms with Crippen LogP contribution in [-0.2, 0) is 16.2 Å². The smallest absolute Gasteiger partial charge is 0.270 e. The SMILES string of the molecule is O=C1NC(=S)N(c2ccc(Oc3ccccc3)cc2)C(=O)C1=Cc1ccc(OCc2ccccc2F)cc1. The zero-order chi connectivity index (χ0) is 26.5. The van der Waals surface area contributed by atoms with E-state index in [1.165, 1.54) is 17.0 Å². The lowest BCUT2D eigenvalue weighted by atomic mass is 10.1. The fourth-order valence-electron chi connectivity index (χ4n) is 3.78. The van der Waals surface area contributed by atoms with E-state index < -0.39 is 11.8 Å². The fourth-order valence-corrected chi connectivity index (χ4v) is 4.06. The first kappa shape index (κ1) is 24.9. The molecule has 1 heterocycles. The molecule has 6 nitrogen and oxygen atoms in total. The summed E-state index contributed by atoms with van der Waals surface area (Å²) in [5, 5.41) is 2.57. The summed E-state index contributed by atoms with van der Waals surface area (Å²) in [5.41, 5.74) is 1.48. The van der Waals surface area contributed by atoms with Gasteiger partial charge in [0.2, 0.25) is 0 Å². The maximum Gasteiger partial charge on any atom is 0.270 e. The van der Waals surface area contributed by atoms with Gasteiger partial charge in [-0.2, -0.15) is 0 Å². The predicted octanol–water partition coefficient (Wildman–Crippen LogP) is 6.03. The van der Waals surface area contributed by atoms with Gasteiger partial charge in [-0.05, 0) is 78.5 Å². The van der Waals surface area contributed by atoms with E-state index in [-0.39, 0.29) is 23.1 Å². The third-order valence-electron chi connectivity index (χ3n) is 5.72. The van der Waals surface area contributed by atoms with Gasteiger partial charge in [-0.15, -0.1) is 0 Å². The number of amides is 2. The highest BCUT2D eigenvalue weighted by atomic mass is 32.1. The van der Waals surface area contributed by atoms with Crippen LogP contribution in [0.15, 0.2) is 109 Å². The van der Waals surface area contributed by atoms with E-state index in [2.05, 4.69) is 5.32 Å². The van der Waals surface area contributed by atoms with Gasteiger partial charge in [-0.25, -0.2) is 4.39 Å². The third-order valence-corrected chi connectivity index (χ3v) is 6.00. The second kappa shape index (κ2) is 11.1. The van der Waals surface area contributed by atoms with E-state index in [9.17, 15) is 14.0 Å². The summed E-state index contributed by atoms with van der Waals surface area (Å²) in [6.07, 6.45) is 1.49. The van der Waals surface area contributed by atoms with Gasteiger partial charge in [-0.1, -0.05) is 48.5 Å². The number of hydrogen-bond acceptors (Lipinski definition) is 5. The van der Waals surface area contributed by atoms with E-state index in [1.807, 2.05) is 30.3 Å². The molecule has 0 aromatic heterocycles. The fraction of sp³-hybridized carbons (Fsp3) is 0.0333. The highest BCUT2D eigenvalue weighted by Gasteiger charge is 2.34. The Morgan fingerprint density at radius 2 is 1.42 bits per heavy atom. The van der Waals surface area contributed by atoms with E-state index in [1.54, 1.807) is 66.7 Å². The first-order valence-corrected chi connectivity index (χ1v) is 12.1. The number of benzene rings is 4. The lowest BCUT2D eigenvalue weighted by Crippen LogP contribution is -2.54. The van der Waals surface area contributed by atoms with Gasteiger partial charge in [0.25, 0.3) is 11.8 Å². The van der Waals surface area contributed by atoms with Gasteiger partial charge in [0.15, 0.2) is 5.11 Å². The van der Waals surface area contributed by atoms with Crippen LogP contribution in [0.4, 0.5) is 10.1 Å². The second-order valence-electron chi connectivity index (χ2n) is 8.32. The van der Waals surface area contributed by atoms with E-state index >= 15 is 0 Å². The van der Waals surface area contributed by atoms with Gasteiger partial charge in [0.1, 0.15) is 35.2 Å². The minimum atomic E-state index is -0.583. The third kappa shape index (κ3) is 5.61. The Kier molecular flexibility index (Phi) is 7.24. The average molecular weight is 525 g/mol. The van der Waals surface area contributed by atoms with Crippen molar-refractivity contribution in [3.63, 3.8) is 0 Å². The van der Waals surface area contributed by atoms with Crippen molar-refractivity contribution in [3.05, 3.63) is 126 Å². The summed E-state index contributed by atoms with van der Waals surface area (Å²) in [6, 6.07) is 29.3. The molecule has 0 spiro atoms. The normalized spacial score (nSPS) is 14.4. The van der Waals surface area contributed by atoms with Crippen molar-refractivity contribution in [2.75, 3.05) is 4.90 Å². The van der Waals surface area contributed by atoms with Crippen molar-refractivity contribution in [1.29, 1.82) is 0 Å². The molecule has 0 radical (unpaired) electrons. The van der Waals surface area contributed by atoms with Crippen molar-refractivity contribution in [3.8, 4) is 17.2 Å². The van der Waals surface area contributed by atoms with Crippen LogP contribution in [0.2, 0.25) is 0 Å². The molecule has 0 bridgehead atoms. The Morgan fingerprint density at radius 3 is 2.13 bits per heavy atom. The Hall–Kier alpha value is -4.82. The lowest BCUT2D eigenvalue weighted by Gasteiger charge is -2.29. The number of hydrogen-bond donors (Lipinski definition) is 1. The van der Waals surface area contributed by atoms with Crippen LogP contribution in [0.25, 0.3) is 6.08 Å². The van der Waals surface area contributed by atoms with Crippen molar-refractivity contribution < 1.29 is 23.5 Å². The van der Waals surface area contributed by atoms with E-state index in [0.717, 1.165) is 0 Å². The average Bonchev–Trinajstić information content (AvgIpc) is 2.93. The molecule has 0 saturated carbocycles. The maximum atomic E-state index is 13.8. The molecule has 0 atom stereocenters. The molecule has 188 valence electrons. The first-order valence-electron chi connectivity index (χ1n) is 11.7. The summed E-state index contributed by atoms with van der Waals surface area (Å²) in [7, 11) is 0. The number of para-hydroxylation sites is 1. The van der Waals surface area contributed by atoms with Crippen LogP contribution in [0.5, 0.6) is 17.2 Å². The molecule has 1 fully saturated rings. The van der Waals surface area contributed by atoms with Crippen LogP contribution in [0.1, 0.15) is 11.1 Å².